The molecule has 0 aliphatic rings. The van der Waals surface area contributed by atoms with Gasteiger partial charge in [-0.05, 0) is 25.1 Å². The molecule has 6 nitrogen and oxygen atoms in total. The van der Waals surface area contributed by atoms with Crippen LogP contribution in [0.5, 0.6) is 5.75 Å². The zero-order valence-corrected chi connectivity index (χ0v) is 12.1. The third kappa shape index (κ3) is 3.50. The summed E-state index contributed by atoms with van der Waals surface area (Å²) in [6, 6.07) is 3.01. The number of alkyl halides is 3. The van der Waals surface area contributed by atoms with Gasteiger partial charge in [-0.2, -0.15) is 18.3 Å². The van der Waals surface area contributed by atoms with E-state index in [4.69, 9.17) is 4.74 Å². The standard InChI is InChI=1S/C12H12F3N3O3S/c1-2-21-8-3-4-11(10(5-8)12(13,14)15)18-22(19,20)9-6-16-17-7-9/h3-7,18H,2H2,1H3,(H,16,17). The highest BCUT2D eigenvalue weighted by molar-refractivity contribution is 7.92. The van der Waals surface area contributed by atoms with Gasteiger partial charge in [0.1, 0.15) is 10.6 Å². The number of nitrogens with one attached hydrogen (secondary N) is 2. The average Bonchev–Trinajstić information content (AvgIpc) is 2.94. The monoisotopic (exact) mass is 335 g/mol. The Morgan fingerprint density at radius 2 is 2.09 bits per heavy atom. The Balaban J connectivity index is 2.43. The molecular weight excluding hydrogens is 323 g/mol. The smallest absolute Gasteiger partial charge is 0.418 e. The number of sulfonamides is 1. The van der Waals surface area contributed by atoms with Gasteiger partial charge in [0.2, 0.25) is 0 Å². The van der Waals surface area contributed by atoms with E-state index in [2.05, 4.69) is 10.2 Å². The van der Waals surface area contributed by atoms with Crippen molar-refractivity contribution in [2.75, 3.05) is 11.3 Å². The van der Waals surface area contributed by atoms with E-state index in [1.807, 2.05) is 4.72 Å². The second-order valence-corrected chi connectivity index (χ2v) is 5.86. The van der Waals surface area contributed by atoms with Crippen LogP contribution in [0.3, 0.4) is 0 Å². The first-order chi connectivity index (χ1) is 10.2. The third-order valence-corrected chi connectivity index (χ3v) is 3.97. The van der Waals surface area contributed by atoms with E-state index in [9.17, 15) is 21.6 Å². The Morgan fingerprint density at radius 1 is 1.36 bits per heavy atom. The maximum Gasteiger partial charge on any atom is 0.418 e. The lowest BCUT2D eigenvalue weighted by molar-refractivity contribution is -0.137. The van der Waals surface area contributed by atoms with Gasteiger partial charge in [-0.1, -0.05) is 0 Å². The van der Waals surface area contributed by atoms with E-state index >= 15 is 0 Å². The van der Waals surface area contributed by atoms with Gasteiger partial charge >= 0.3 is 6.18 Å². The van der Waals surface area contributed by atoms with Crippen molar-refractivity contribution in [1.29, 1.82) is 0 Å². The Labute approximate surface area is 124 Å². The normalized spacial score (nSPS) is 12.2. The molecule has 0 atom stereocenters. The number of benzene rings is 1. The van der Waals surface area contributed by atoms with Gasteiger partial charge in [-0.15, -0.1) is 0 Å². The molecular formula is C12H12F3N3O3S. The zero-order valence-electron chi connectivity index (χ0n) is 11.3. The predicted octanol–water partition coefficient (Wildman–Crippen LogP) is 2.63. The highest BCUT2D eigenvalue weighted by atomic mass is 32.2. The van der Waals surface area contributed by atoms with Crippen molar-refractivity contribution in [1.82, 2.24) is 10.2 Å². The minimum atomic E-state index is -4.73. The van der Waals surface area contributed by atoms with Gasteiger partial charge in [-0.3, -0.25) is 9.82 Å². The number of aromatic amines is 1. The van der Waals surface area contributed by atoms with Crippen molar-refractivity contribution < 1.29 is 26.3 Å². The average molecular weight is 335 g/mol. The summed E-state index contributed by atoms with van der Waals surface area (Å²) in [5, 5.41) is 5.73. The van der Waals surface area contributed by atoms with Crippen molar-refractivity contribution in [3.63, 3.8) is 0 Å². The minimum Gasteiger partial charge on any atom is -0.494 e. The molecule has 22 heavy (non-hydrogen) atoms. The summed E-state index contributed by atoms with van der Waals surface area (Å²) in [5.41, 5.74) is -1.72. The summed E-state index contributed by atoms with van der Waals surface area (Å²) in [7, 11) is -4.16. The molecule has 1 heterocycles. The van der Waals surface area contributed by atoms with Gasteiger partial charge < -0.3 is 4.74 Å². The van der Waals surface area contributed by atoms with E-state index < -0.39 is 27.5 Å². The summed E-state index contributed by atoms with van der Waals surface area (Å²) in [6.45, 7) is 1.82. The number of rotatable bonds is 5. The molecule has 0 spiro atoms. The highest BCUT2D eigenvalue weighted by Crippen LogP contribution is 2.37. The first kappa shape index (κ1) is 16.1. The number of hydrogen-bond donors (Lipinski definition) is 2. The number of hydrogen-bond acceptors (Lipinski definition) is 4. The summed E-state index contributed by atoms with van der Waals surface area (Å²) >= 11 is 0. The molecule has 1 aromatic heterocycles. The Hall–Kier alpha value is -2.23. The zero-order chi connectivity index (χ0) is 16.4. The lowest BCUT2D eigenvalue weighted by Gasteiger charge is -2.15. The minimum absolute atomic E-state index is 0.00100. The third-order valence-electron chi connectivity index (χ3n) is 2.64. The lowest BCUT2D eigenvalue weighted by atomic mass is 10.1. The maximum atomic E-state index is 13.1. The van der Waals surface area contributed by atoms with Crippen molar-refractivity contribution in [3.05, 3.63) is 36.2 Å². The lowest BCUT2D eigenvalue weighted by Crippen LogP contribution is -2.17. The maximum absolute atomic E-state index is 13.1. The summed E-state index contributed by atoms with van der Waals surface area (Å²) < 4.78 is 70.1. The van der Waals surface area contributed by atoms with Gasteiger partial charge in [0.25, 0.3) is 10.0 Å². The SMILES string of the molecule is CCOc1ccc(NS(=O)(=O)c2cn[nH]c2)c(C(F)(F)F)c1. The van der Waals surface area contributed by atoms with Crippen molar-refractivity contribution in [3.8, 4) is 5.75 Å². The van der Waals surface area contributed by atoms with Crippen LogP contribution in [0, 0.1) is 0 Å². The Morgan fingerprint density at radius 3 is 2.64 bits per heavy atom. The van der Waals surface area contributed by atoms with Crippen LogP contribution in [0.2, 0.25) is 0 Å². The van der Waals surface area contributed by atoms with Crippen LogP contribution in [0.15, 0.2) is 35.5 Å². The van der Waals surface area contributed by atoms with Gasteiger partial charge in [0, 0.05) is 6.20 Å². The summed E-state index contributed by atoms with van der Waals surface area (Å²) in [5.74, 6) is 0.00100. The number of halogens is 3. The first-order valence-corrected chi connectivity index (χ1v) is 7.58. The van der Waals surface area contributed by atoms with E-state index in [0.29, 0.717) is 0 Å². The van der Waals surface area contributed by atoms with Crippen LogP contribution >= 0.6 is 0 Å². The molecule has 1 aromatic carbocycles. The number of ether oxygens (including phenoxy) is 1. The van der Waals surface area contributed by atoms with Crippen molar-refractivity contribution >= 4 is 15.7 Å². The molecule has 0 radical (unpaired) electrons. The second-order valence-electron chi connectivity index (χ2n) is 4.18. The van der Waals surface area contributed by atoms with E-state index in [1.165, 1.54) is 6.07 Å². The van der Waals surface area contributed by atoms with Crippen molar-refractivity contribution in [2.45, 2.75) is 18.0 Å². The Bertz CT molecular complexity index is 743. The van der Waals surface area contributed by atoms with Crippen LogP contribution in [0.1, 0.15) is 12.5 Å². The van der Waals surface area contributed by atoms with Crippen LogP contribution in [0.4, 0.5) is 18.9 Å². The number of anilines is 1. The fraction of sp³-hybridized carbons (Fsp3) is 0.250. The van der Waals surface area contributed by atoms with Crippen LogP contribution in [-0.2, 0) is 16.2 Å². The molecule has 0 saturated heterocycles. The van der Waals surface area contributed by atoms with Gasteiger partial charge in [0.05, 0.1) is 24.1 Å². The number of aromatic nitrogens is 2. The second kappa shape index (κ2) is 5.87. The molecule has 0 saturated carbocycles. The molecule has 0 unspecified atom stereocenters. The molecule has 2 rings (SSSR count). The van der Waals surface area contributed by atoms with Gasteiger partial charge in [-0.25, -0.2) is 8.42 Å². The quantitative estimate of drug-likeness (QED) is 0.880. The molecule has 2 aromatic rings. The molecule has 0 aliphatic heterocycles. The molecule has 0 fully saturated rings. The molecule has 120 valence electrons. The largest absolute Gasteiger partial charge is 0.494 e. The summed E-state index contributed by atoms with van der Waals surface area (Å²) in [6.07, 6.45) is -2.68. The van der Waals surface area contributed by atoms with E-state index in [1.54, 1.807) is 6.92 Å². The molecule has 2 N–H and O–H groups in total. The summed E-state index contributed by atoms with van der Waals surface area (Å²) in [4.78, 5) is -0.269. The number of nitrogens with zero attached hydrogens (tertiary/aromatic N) is 1. The molecule has 0 bridgehead atoms. The molecule has 0 amide bonds. The molecule has 0 aliphatic carbocycles. The predicted molar refractivity (Wildman–Crippen MR) is 72.0 cm³/mol. The Kier molecular flexibility index (Phi) is 4.31. The van der Waals surface area contributed by atoms with E-state index in [0.717, 1.165) is 24.5 Å². The fourth-order valence-corrected chi connectivity index (χ4v) is 2.68. The molecule has 10 heteroatoms. The fourth-order valence-electron chi connectivity index (χ4n) is 1.69. The topological polar surface area (TPSA) is 84.1 Å². The van der Waals surface area contributed by atoms with Crippen LogP contribution < -0.4 is 9.46 Å². The van der Waals surface area contributed by atoms with Gasteiger partial charge in [0.15, 0.2) is 0 Å². The van der Waals surface area contributed by atoms with E-state index in [-0.39, 0.29) is 17.3 Å². The number of H-pyrrole nitrogens is 1. The highest BCUT2D eigenvalue weighted by Gasteiger charge is 2.35. The van der Waals surface area contributed by atoms with Crippen LogP contribution in [-0.4, -0.2) is 25.2 Å². The van der Waals surface area contributed by atoms with Crippen molar-refractivity contribution in [2.24, 2.45) is 0 Å². The first-order valence-electron chi connectivity index (χ1n) is 6.09. The van der Waals surface area contributed by atoms with Crippen LogP contribution in [0.25, 0.3) is 0 Å².